The largest absolute Gasteiger partial charge is 0.508 e. The fourth-order valence-electron chi connectivity index (χ4n) is 2.81. The zero-order valence-corrected chi connectivity index (χ0v) is 15.5. The number of hydrazine groups is 1. The normalized spacial score (nSPS) is 14.7. The number of amides is 1. The van der Waals surface area contributed by atoms with Crippen LogP contribution < -0.4 is 10.9 Å². The predicted octanol–water partition coefficient (Wildman–Crippen LogP) is 2.08. The Morgan fingerprint density at radius 1 is 1.00 bits per heavy atom. The van der Waals surface area contributed by atoms with Crippen LogP contribution in [-0.2, 0) is 10.0 Å². The Morgan fingerprint density at radius 3 is 2.33 bits per heavy atom. The van der Waals surface area contributed by atoms with Crippen molar-refractivity contribution in [3.05, 3.63) is 66.2 Å². The van der Waals surface area contributed by atoms with Gasteiger partial charge in [-0.15, -0.1) is 0 Å². The molecule has 0 aromatic heterocycles. The molecule has 1 saturated heterocycles. The number of carbonyl (C=O) groups is 1. The first kappa shape index (κ1) is 18.9. The van der Waals surface area contributed by atoms with Crippen molar-refractivity contribution in [3.8, 4) is 5.75 Å². The average molecular weight is 387 g/mol. The number of hydrogen-bond donors (Lipinski definition) is 3. The molecule has 0 aliphatic carbocycles. The van der Waals surface area contributed by atoms with E-state index >= 15 is 0 Å². The molecule has 0 saturated carbocycles. The van der Waals surface area contributed by atoms with Crippen molar-refractivity contribution in [2.75, 3.05) is 13.1 Å². The fraction of sp³-hybridized carbons (Fsp3) is 0.211. The Bertz CT molecular complexity index is 949. The van der Waals surface area contributed by atoms with E-state index in [1.165, 1.54) is 28.6 Å². The van der Waals surface area contributed by atoms with Gasteiger partial charge in [0.25, 0.3) is 5.91 Å². The summed E-state index contributed by atoms with van der Waals surface area (Å²) in [6.45, 7) is 4.83. The third kappa shape index (κ3) is 4.29. The Balaban J connectivity index is 1.68. The van der Waals surface area contributed by atoms with Crippen LogP contribution in [0.4, 0.5) is 0 Å². The standard InChI is InChI=1S/C19H21N3O4S/c1-14(15-7-9-17(23)10-8-15)20-21-19(24)16-5-4-6-18(13-16)27(25,26)22-11-2-3-12-22/h4-10,13,20,23H,1-3,11-12H2,(H,21,24). The van der Waals surface area contributed by atoms with Crippen LogP contribution in [0, 0.1) is 0 Å². The SMILES string of the molecule is C=C(NNC(=O)c1cccc(S(=O)(=O)N2CCCC2)c1)c1ccc(O)cc1. The highest BCUT2D eigenvalue weighted by atomic mass is 32.2. The van der Waals surface area contributed by atoms with E-state index in [4.69, 9.17) is 0 Å². The van der Waals surface area contributed by atoms with Gasteiger partial charge < -0.3 is 5.11 Å². The average Bonchev–Trinajstić information content (AvgIpc) is 3.22. The van der Waals surface area contributed by atoms with E-state index < -0.39 is 15.9 Å². The molecule has 0 spiro atoms. The van der Waals surface area contributed by atoms with Gasteiger partial charge in [0.2, 0.25) is 10.0 Å². The number of phenolic OH excluding ortho intramolecular Hbond substituents is 1. The van der Waals surface area contributed by atoms with E-state index in [0.29, 0.717) is 24.4 Å². The van der Waals surface area contributed by atoms with E-state index in [1.807, 2.05) is 0 Å². The number of hydrogen-bond acceptors (Lipinski definition) is 5. The Kier molecular flexibility index (Phi) is 5.48. The van der Waals surface area contributed by atoms with E-state index in [1.54, 1.807) is 24.3 Å². The zero-order chi connectivity index (χ0) is 19.4. The summed E-state index contributed by atoms with van der Waals surface area (Å²) in [6.07, 6.45) is 1.70. The number of sulfonamides is 1. The predicted molar refractivity (Wildman–Crippen MR) is 102 cm³/mol. The van der Waals surface area contributed by atoms with Gasteiger partial charge in [-0.2, -0.15) is 4.31 Å². The van der Waals surface area contributed by atoms with Gasteiger partial charge in [0, 0.05) is 18.7 Å². The van der Waals surface area contributed by atoms with Gasteiger partial charge in [-0.1, -0.05) is 12.6 Å². The Labute approximate surface area is 158 Å². The number of benzene rings is 2. The molecule has 1 amide bonds. The molecular weight excluding hydrogens is 366 g/mol. The third-order valence-corrected chi connectivity index (χ3v) is 6.24. The highest BCUT2D eigenvalue weighted by molar-refractivity contribution is 7.89. The summed E-state index contributed by atoms with van der Waals surface area (Å²) in [4.78, 5) is 12.5. The first-order valence-electron chi connectivity index (χ1n) is 8.53. The van der Waals surface area contributed by atoms with Gasteiger partial charge in [-0.25, -0.2) is 8.42 Å². The van der Waals surface area contributed by atoms with Crippen molar-refractivity contribution < 1.29 is 18.3 Å². The summed E-state index contributed by atoms with van der Waals surface area (Å²) in [5.74, 6) is -0.347. The van der Waals surface area contributed by atoms with Crippen LogP contribution in [0.1, 0.15) is 28.8 Å². The lowest BCUT2D eigenvalue weighted by atomic mass is 10.2. The van der Waals surface area contributed by atoms with Crippen molar-refractivity contribution >= 4 is 21.6 Å². The van der Waals surface area contributed by atoms with E-state index in [9.17, 15) is 18.3 Å². The molecule has 1 aliphatic rings. The van der Waals surface area contributed by atoms with Crippen LogP contribution in [0.3, 0.4) is 0 Å². The molecule has 3 rings (SSSR count). The molecule has 1 aliphatic heterocycles. The summed E-state index contributed by atoms with van der Waals surface area (Å²) in [7, 11) is -3.58. The maximum Gasteiger partial charge on any atom is 0.269 e. The van der Waals surface area contributed by atoms with Gasteiger partial charge in [0.05, 0.1) is 10.6 Å². The van der Waals surface area contributed by atoms with Crippen LogP contribution in [0.5, 0.6) is 5.75 Å². The van der Waals surface area contributed by atoms with Gasteiger partial charge in [0.1, 0.15) is 5.75 Å². The minimum atomic E-state index is -3.58. The second-order valence-corrected chi connectivity index (χ2v) is 8.18. The number of rotatable bonds is 6. The third-order valence-electron chi connectivity index (χ3n) is 4.34. The molecule has 1 heterocycles. The van der Waals surface area contributed by atoms with Crippen molar-refractivity contribution in [2.24, 2.45) is 0 Å². The van der Waals surface area contributed by atoms with E-state index in [0.717, 1.165) is 12.8 Å². The monoisotopic (exact) mass is 387 g/mol. The molecule has 0 radical (unpaired) electrons. The topological polar surface area (TPSA) is 98.7 Å². The summed E-state index contributed by atoms with van der Waals surface area (Å²) < 4.78 is 26.7. The zero-order valence-electron chi connectivity index (χ0n) is 14.7. The van der Waals surface area contributed by atoms with Crippen LogP contribution in [0.2, 0.25) is 0 Å². The van der Waals surface area contributed by atoms with Gasteiger partial charge >= 0.3 is 0 Å². The van der Waals surface area contributed by atoms with E-state index in [2.05, 4.69) is 17.4 Å². The molecule has 2 aromatic rings. The van der Waals surface area contributed by atoms with Crippen molar-refractivity contribution in [3.63, 3.8) is 0 Å². The van der Waals surface area contributed by atoms with Crippen molar-refractivity contribution in [1.82, 2.24) is 15.2 Å². The number of nitrogens with one attached hydrogen (secondary N) is 2. The van der Waals surface area contributed by atoms with Crippen LogP contribution in [0.25, 0.3) is 5.70 Å². The van der Waals surface area contributed by atoms with Crippen LogP contribution in [0.15, 0.2) is 60.0 Å². The lowest BCUT2D eigenvalue weighted by Gasteiger charge is -2.16. The molecular formula is C19H21N3O4S. The quantitative estimate of drug-likeness (QED) is 0.659. The van der Waals surface area contributed by atoms with Gasteiger partial charge in [-0.3, -0.25) is 15.6 Å². The van der Waals surface area contributed by atoms with Crippen molar-refractivity contribution in [2.45, 2.75) is 17.7 Å². The molecule has 8 heteroatoms. The number of nitrogens with zero attached hydrogens (tertiary/aromatic N) is 1. The Morgan fingerprint density at radius 2 is 1.67 bits per heavy atom. The molecule has 0 bridgehead atoms. The second kappa shape index (κ2) is 7.81. The molecule has 0 unspecified atom stereocenters. The molecule has 7 nitrogen and oxygen atoms in total. The summed E-state index contributed by atoms with van der Waals surface area (Å²) in [5, 5.41) is 9.30. The highest BCUT2D eigenvalue weighted by Crippen LogP contribution is 2.21. The smallest absolute Gasteiger partial charge is 0.269 e. The fourth-order valence-corrected chi connectivity index (χ4v) is 4.38. The van der Waals surface area contributed by atoms with Crippen LogP contribution in [-0.4, -0.2) is 36.8 Å². The minimum absolute atomic E-state index is 0.106. The first-order valence-corrected chi connectivity index (χ1v) is 9.97. The number of carbonyl (C=O) groups excluding carboxylic acids is 1. The molecule has 2 aromatic carbocycles. The highest BCUT2D eigenvalue weighted by Gasteiger charge is 2.27. The number of phenols is 1. The maximum absolute atomic E-state index is 12.6. The molecule has 3 N–H and O–H groups in total. The van der Waals surface area contributed by atoms with Crippen molar-refractivity contribution in [1.29, 1.82) is 0 Å². The summed E-state index contributed by atoms with van der Waals surface area (Å²) >= 11 is 0. The number of aromatic hydroxyl groups is 1. The summed E-state index contributed by atoms with van der Waals surface area (Å²) in [5.41, 5.74) is 6.55. The molecule has 27 heavy (non-hydrogen) atoms. The first-order chi connectivity index (χ1) is 12.9. The lowest BCUT2D eigenvalue weighted by molar-refractivity contribution is 0.0942. The second-order valence-electron chi connectivity index (χ2n) is 6.24. The Hall–Kier alpha value is -2.84. The molecule has 0 atom stereocenters. The van der Waals surface area contributed by atoms with Crippen LogP contribution >= 0.6 is 0 Å². The lowest BCUT2D eigenvalue weighted by Crippen LogP contribution is -2.36. The van der Waals surface area contributed by atoms with Gasteiger partial charge in [-0.05, 0) is 60.9 Å². The summed E-state index contributed by atoms with van der Waals surface area (Å²) in [6, 6.07) is 12.3. The molecule has 1 fully saturated rings. The van der Waals surface area contributed by atoms with Gasteiger partial charge in [0.15, 0.2) is 0 Å². The van der Waals surface area contributed by atoms with E-state index in [-0.39, 0.29) is 16.2 Å². The minimum Gasteiger partial charge on any atom is -0.508 e. The molecule has 142 valence electrons. The maximum atomic E-state index is 12.6.